The van der Waals surface area contributed by atoms with Gasteiger partial charge < -0.3 is 9.15 Å². The number of rotatable bonds is 7. The van der Waals surface area contributed by atoms with Crippen LogP contribution in [0.15, 0.2) is 70.4 Å². The first-order valence-electron chi connectivity index (χ1n) is 7.60. The van der Waals surface area contributed by atoms with Crippen molar-refractivity contribution >= 4 is 20.8 Å². The van der Waals surface area contributed by atoms with Crippen LogP contribution in [0.25, 0.3) is 10.8 Å². The number of hydrogen-bond acceptors (Lipinski definition) is 4. The Labute approximate surface area is 141 Å². The predicted molar refractivity (Wildman–Crippen MR) is 92.1 cm³/mol. The highest BCUT2D eigenvalue weighted by Crippen LogP contribution is 2.23. The first-order valence-corrected chi connectivity index (χ1v) is 9.04. The maximum absolute atomic E-state index is 13.0. The van der Waals surface area contributed by atoms with Gasteiger partial charge in [0, 0.05) is 25.8 Å². The van der Waals surface area contributed by atoms with Crippen molar-refractivity contribution in [2.45, 2.75) is 11.4 Å². The van der Waals surface area contributed by atoms with Crippen molar-refractivity contribution in [3.8, 4) is 0 Å². The van der Waals surface area contributed by atoms with Crippen LogP contribution in [-0.2, 0) is 21.3 Å². The molecule has 0 aliphatic carbocycles. The second kappa shape index (κ2) is 7.17. The van der Waals surface area contributed by atoms with E-state index < -0.39 is 10.0 Å². The van der Waals surface area contributed by atoms with E-state index in [1.54, 1.807) is 31.6 Å². The Bertz CT molecular complexity index is 904. The number of ether oxygens (including phenoxy) is 1. The average Bonchev–Trinajstić information content (AvgIpc) is 3.11. The maximum Gasteiger partial charge on any atom is 0.243 e. The molecule has 0 spiro atoms. The van der Waals surface area contributed by atoms with Crippen molar-refractivity contribution in [2.24, 2.45) is 0 Å². The van der Waals surface area contributed by atoms with Crippen molar-refractivity contribution in [3.05, 3.63) is 66.6 Å². The largest absolute Gasteiger partial charge is 0.472 e. The summed E-state index contributed by atoms with van der Waals surface area (Å²) in [5.41, 5.74) is 0.801. The molecule has 24 heavy (non-hydrogen) atoms. The highest BCUT2D eigenvalue weighted by molar-refractivity contribution is 7.89. The van der Waals surface area contributed by atoms with Crippen molar-refractivity contribution in [2.75, 3.05) is 20.3 Å². The van der Waals surface area contributed by atoms with E-state index in [0.717, 1.165) is 16.3 Å². The molecule has 3 aromatic rings. The number of methoxy groups -OCH3 is 1. The SMILES string of the molecule is COCCN(Cc1ccoc1)S(=O)(=O)c1ccc2ccccc2c1. The van der Waals surface area contributed by atoms with Gasteiger partial charge in [0.1, 0.15) is 0 Å². The average molecular weight is 345 g/mol. The van der Waals surface area contributed by atoms with Crippen LogP contribution >= 0.6 is 0 Å². The van der Waals surface area contributed by atoms with Gasteiger partial charge in [-0.2, -0.15) is 4.31 Å². The van der Waals surface area contributed by atoms with E-state index in [9.17, 15) is 8.42 Å². The van der Waals surface area contributed by atoms with Gasteiger partial charge in [-0.05, 0) is 29.0 Å². The van der Waals surface area contributed by atoms with Gasteiger partial charge in [0.25, 0.3) is 0 Å². The molecule has 0 atom stereocenters. The van der Waals surface area contributed by atoms with Crippen LogP contribution in [0, 0.1) is 0 Å². The molecule has 0 bridgehead atoms. The highest BCUT2D eigenvalue weighted by atomic mass is 32.2. The van der Waals surface area contributed by atoms with Crippen molar-refractivity contribution in [1.29, 1.82) is 0 Å². The second-order valence-electron chi connectivity index (χ2n) is 5.47. The van der Waals surface area contributed by atoms with E-state index >= 15 is 0 Å². The molecule has 1 heterocycles. The topological polar surface area (TPSA) is 59.8 Å². The van der Waals surface area contributed by atoms with Crippen LogP contribution in [0.3, 0.4) is 0 Å². The molecule has 3 rings (SSSR count). The molecule has 0 unspecified atom stereocenters. The Hall–Kier alpha value is -2.15. The number of furan rings is 1. The zero-order valence-electron chi connectivity index (χ0n) is 13.4. The summed E-state index contributed by atoms with van der Waals surface area (Å²) < 4.78 is 37.6. The maximum atomic E-state index is 13.0. The van der Waals surface area contributed by atoms with Crippen LogP contribution in [0.4, 0.5) is 0 Å². The minimum atomic E-state index is -3.63. The third kappa shape index (κ3) is 3.51. The van der Waals surface area contributed by atoms with Crippen LogP contribution in [0.1, 0.15) is 5.56 Å². The van der Waals surface area contributed by atoms with E-state index in [1.807, 2.05) is 30.3 Å². The van der Waals surface area contributed by atoms with E-state index in [4.69, 9.17) is 9.15 Å². The molecule has 0 amide bonds. The summed E-state index contributed by atoms with van der Waals surface area (Å²) in [6.07, 6.45) is 3.09. The molecule has 0 N–H and O–H groups in total. The number of benzene rings is 2. The lowest BCUT2D eigenvalue weighted by Gasteiger charge is -2.21. The Balaban J connectivity index is 1.96. The molecule has 0 aliphatic heterocycles. The molecule has 0 saturated heterocycles. The zero-order valence-corrected chi connectivity index (χ0v) is 14.2. The molecular weight excluding hydrogens is 326 g/mol. The Kier molecular flexibility index (Phi) is 4.99. The van der Waals surface area contributed by atoms with E-state index in [1.165, 1.54) is 10.6 Å². The monoisotopic (exact) mass is 345 g/mol. The lowest BCUT2D eigenvalue weighted by Crippen LogP contribution is -2.33. The lowest BCUT2D eigenvalue weighted by atomic mass is 10.1. The van der Waals surface area contributed by atoms with Gasteiger partial charge >= 0.3 is 0 Å². The Morgan fingerprint density at radius 1 is 1.08 bits per heavy atom. The van der Waals surface area contributed by atoms with Gasteiger partial charge in [0.15, 0.2) is 0 Å². The van der Waals surface area contributed by atoms with Crippen molar-refractivity contribution < 1.29 is 17.6 Å². The fourth-order valence-electron chi connectivity index (χ4n) is 2.54. The summed E-state index contributed by atoms with van der Waals surface area (Å²) in [5, 5.41) is 1.91. The summed E-state index contributed by atoms with van der Waals surface area (Å²) >= 11 is 0. The molecule has 1 aromatic heterocycles. The zero-order chi connectivity index (χ0) is 17.0. The van der Waals surface area contributed by atoms with Gasteiger partial charge in [-0.1, -0.05) is 30.3 Å². The minimum Gasteiger partial charge on any atom is -0.472 e. The van der Waals surface area contributed by atoms with Crippen molar-refractivity contribution in [1.82, 2.24) is 4.31 Å². The standard InChI is InChI=1S/C18H19NO4S/c1-22-11-9-19(13-15-8-10-23-14-15)24(20,21)18-7-6-16-4-2-3-5-17(16)12-18/h2-8,10,12,14H,9,11,13H2,1H3. The van der Waals surface area contributed by atoms with E-state index in [0.29, 0.717) is 6.61 Å². The fraction of sp³-hybridized carbons (Fsp3) is 0.222. The number of fused-ring (bicyclic) bond motifs is 1. The third-order valence-corrected chi connectivity index (χ3v) is 5.68. The molecule has 0 fully saturated rings. The number of nitrogens with zero attached hydrogens (tertiary/aromatic N) is 1. The molecule has 0 saturated carbocycles. The molecule has 0 radical (unpaired) electrons. The number of hydrogen-bond donors (Lipinski definition) is 0. The van der Waals surface area contributed by atoms with Crippen LogP contribution in [0.5, 0.6) is 0 Å². The van der Waals surface area contributed by atoms with Gasteiger partial charge in [-0.15, -0.1) is 0 Å². The highest BCUT2D eigenvalue weighted by Gasteiger charge is 2.25. The van der Waals surface area contributed by atoms with Gasteiger partial charge in [0.2, 0.25) is 10.0 Å². The summed E-state index contributed by atoms with van der Waals surface area (Å²) in [5.74, 6) is 0. The molecule has 126 valence electrons. The summed E-state index contributed by atoms with van der Waals surface area (Å²) in [6, 6.07) is 14.6. The molecule has 6 heteroatoms. The van der Waals surface area contributed by atoms with Gasteiger partial charge in [0.05, 0.1) is 24.0 Å². The van der Waals surface area contributed by atoms with E-state index in [-0.39, 0.29) is 18.0 Å². The summed E-state index contributed by atoms with van der Waals surface area (Å²) in [7, 11) is -2.07. The molecular formula is C18H19NO4S. The first kappa shape index (κ1) is 16.7. The van der Waals surface area contributed by atoms with Gasteiger partial charge in [-0.25, -0.2) is 8.42 Å². The van der Waals surface area contributed by atoms with Crippen LogP contribution in [0.2, 0.25) is 0 Å². The lowest BCUT2D eigenvalue weighted by molar-refractivity contribution is 0.177. The normalized spacial score (nSPS) is 12.1. The van der Waals surface area contributed by atoms with Crippen LogP contribution in [-0.4, -0.2) is 33.0 Å². The molecule has 0 aliphatic rings. The van der Waals surface area contributed by atoms with Gasteiger partial charge in [-0.3, -0.25) is 0 Å². The summed E-state index contributed by atoms with van der Waals surface area (Å²) in [4.78, 5) is 0.279. The predicted octanol–water partition coefficient (Wildman–Crippen LogP) is 3.27. The third-order valence-electron chi connectivity index (χ3n) is 3.84. The Morgan fingerprint density at radius 3 is 2.58 bits per heavy atom. The minimum absolute atomic E-state index is 0.245. The first-order chi connectivity index (χ1) is 11.6. The van der Waals surface area contributed by atoms with Crippen molar-refractivity contribution in [3.63, 3.8) is 0 Å². The van der Waals surface area contributed by atoms with E-state index in [2.05, 4.69) is 0 Å². The second-order valence-corrected chi connectivity index (χ2v) is 7.41. The van der Waals surface area contributed by atoms with Crippen LogP contribution < -0.4 is 0 Å². The smallest absolute Gasteiger partial charge is 0.243 e. The summed E-state index contributed by atoms with van der Waals surface area (Å²) in [6.45, 7) is 0.844. The molecule has 5 nitrogen and oxygen atoms in total. The quantitative estimate of drug-likeness (QED) is 0.659. The Morgan fingerprint density at radius 2 is 1.88 bits per heavy atom. The molecule has 2 aromatic carbocycles. The number of sulfonamides is 1. The fourth-order valence-corrected chi connectivity index (χ4v) is 3.99.